The topological polar surface area (TPSA) is 96.3 Å². The highest BCUT2D eigenvalue weighted by Gasteiger charge is 2.68. The van der Waals surface area contributed by atoms with Gasteiger partial charge in [-0.05, 0) is 25.0 Å². The summed E-state index contributed by atoms with van der Waals surface area (Å²) in [6, 6.07) is 7.04. The molecule has 3 amide bonds. The van der Waals surface area contributed by atoms with Crippen molar-refractivity contribution in [1.29, 1.82) is 0 Å². The van der Waals surface area contributed by atoms with Crippen LogP contribution in [-0.4, -0.2) is 47.1 Å². The number of anilines is 1. The molecule has 8 nitrogen and oxygen atoms in total. The Morgan fingerprint density at radius 2 is 1.92 bits per heavy atom. The summed E-state index contributed by atoms with van der Waals surface area (Å²) < 4.78 is 4.70. The number of para-hydroxylation sites is 1. The van der Waals surface area contributed by atoms with Crippen molar-refractivity contribution in [2.75, 3.05) is 12.0 Å². The van der Waals surface area contributed by atoms with E-state index in [1.54, 1.807) is 12.1 Å². The maximum Gasteiger partial charge on any atom is 0.355 e. The van der Waals surface area contributed by atoms with Gasteiger partial charge in [-0.15, -0.1) is 0 Å². The molecule has 0 N–H and O–H groups in total. The van der Waals surface area contributed by atoms with Crippen LogP contribution in [0.1, 0.15) is 26.3 Å². The lowest BCUT2D eigenvalue weighted by molar-refractivity contribution is -0.142. The molecule has 0 aliphatic carbocycles. The van der Waals surface area contributed by atoms with E-state index in [-0.39, 0.29) is 5.71 Å². The van der Waals surface area contributed by atoms with Gasteiger partial charge < -0.3 is 4.74 Å². The molecule has 0 spiro atoms. The van der Waals surface area contributed by atoms with Gasteiger partial charge >= 0.3 is 5.97 Å². The SMILES string of the molecule is CCc1ccccc1N1C(=O)C2C(C(=O)OC)=NN(C(C)=O)C2(C)C1=O. The third kappa shape index (κ3) is 2.18. The van der Waals surface area contributed by atoms with Crippen LogP contribution in [-0.2, 0) is 30.3 Å². The third-order valence-corrected chi connectivity index (χ3v) is 4.89. The lowest BCUT2D eigenvalue weighted by Crippen LogP contribution is -2.52. The fourth-order valence-corrected chi connectivity index (χ4v) is 3.60. The molecule has 2 atom stereocenters. The second-order valence-electron chi connectivity index (χ2n) is 6.35. The van der Waals surface area contributed by atoms with Gasteiger partial charge in [0.25, 0.3) is 5.91 Å². The summed E-state index contributed by atoms with van der Waals surface area (Å²) in [7, 11) is 1.16. The van der Waals surface area contributed by atoms with Crippen molar-refractivity contribution < 1.29 is 23.9 Å². The van der Waals surface area contributed by atoms with Gasteiger partial charge in [0.05, 0.1) is 12.8 Å². The molecule has 1 aromatic rings. The van der Waals surface area contributed by atoms with E-state index < -0.39 is 35.1 Å². The first-order chi connectivity index (χ1) is 12.3. The largest absolute Gasteiger partial charge is 0.464 e. The summed E-state index contributed by atoms with van der Waals surface area (Å²) in [6.45, 7) is 4.59. The van der Waals surface area contributed by atoms with E-state index in [1.165, 1.54) is 13.8 Å². The second-order valence-corrected chi connectivity index (χ2v) is 6.35. The predicted molar refractivity (Wildman–Crippen MR) is 92.2 cm³/mol. The summed E-state index contributed by atoms with van der Waals surface area (Å²) >= 11 is 0. The number of carbonyl (C=O) groups excluding carboxylic acids is 4. The van der Waals surface area contributed by atoms with Crippen molar-refractivity contribution in [2.45, 2.75) is 32.7 Å². The zero-order chi connectivity index (χ0) is 19.2. The zero-order valence-corrected chi connectivity index (χ0v) is 15.0. The number of hydrazone groups is 1. The smallest absolute Gasteiger partial charge is 0.355 e. The van der Waals surface area contributed by atoms with Gasteiger partial charge in [-0.2, -0.15) is 5.10 Å². The van der Waals surface area contributed by atoms with E-state index in [4.69, 9.17) is 4.74 Å². The minimum Gasteiger partial charge on any atom is -0.464 e. The molecule has 1 aromatic carbocycles. The molecule has 136 valence electrons. The number of imide groups is 1. The number of benzene rings is 1. The van der Waals surface area contributed by atoms with Gasteiger partial charge in [0.2, 0.25) is 11.8 Å². The number of hydrogen-bond acceptors (Lipinski definition) is 6. The highest BCUT2D eigenvalue weighted by molar-refractivity contribution is 6.47. The van der Waals surface area contributed by atoms with E-state index in [9.17, 15) is 19.2 Å². The zero-order valence-electron chi connectivity index (χ0n) is 15.0. The van der Waals surface area contributed by atoms with Crippen molar-refractivity contribution >= 4 is 35.1 Å². The number of ether oxygens (including phenoxy) is 1. The Bertz CT molecular complexity index is 862. The molecule has 1 saturated heterocycles. The van der Waals surface area contributed by atoms with Crippen LogP contribution in [0.25, 0.3) is 0 Å². The molecule has 3 rings (SSSR count). The average molecular weight is 357 g/mol. The molecule has 2 aliphatic heterocycles. The molecule has 26 heavy (non-hydrogen) atoms. The summed E-state index contributed by atoms with van der Waals surface area (Å²) in [5.74, 6) is -3.76. The van der Waals surface area contributed by atoms with Gasteiger partial charge in [-0.25, -0.2) is 14.7 Å². The lowest BCUT2D eigenvalue weighted by Gasteiger charge is -2.29. The van der Waals surface area contributed by atoms with Crippen molar-refractivity contribution in [3.63, 3.8) is 0 Å². The molecule has 2 unspecified atom stereocenters. The normalized spacial score (nSPS) is 24.6. The Labute approximate surface area is 150 Å². The number of rotatable bonds is 3. The molecule has 1 fully saturated rings. The highest BCUT2D eigenvalue weighted by atomic mass is 16.5. The number of aryl methyl sites for hydroxylation is 1. The average Bonchev–Trinajstić information content (AvgIpc) is 3.04. The fourth-order valence-electron chi connectivity index (χ4n) is 3.60. The first-order valence-corrected chi connectivity index (χ1v) is 8.22. The Balaban J connectivity index is 2.18. The van der Waals surface area contributed by atoms with Crippen LogP contribution in [0.2, 0.25) is 0 Å². The van der Waals surface area contributed by atoms with E-state index in [0.29, 0.717) is 12.1 Å². The van der Waals surface area contributed by atoms with Crippen molar-refractivity contribution in [1.82, 2.24) is 5.01 Å². The van der Waals surface area contributed by atoms with Gasteiger partial charge in [0.15, 0.2) is 11.3 Å². The number of esters is 1. The van der Waals surface area contributed by atoms with Crippen molar-refractivity contribution in [3.05, 3.63) is 29.8 Å². The predicted octanol–water partition coefficient (Wildman–Crippen LogP) is 0.888. The summed E-state index contributed by atoms with van der Waals surface area (Å²) in [4.78, 5) is 51.6. The first kappa shape index (κ1) is 17.8. The Hall–Kier alpha value is -3.03. The summed E-state index contributed by atoms with van der Waals surface area (Å²) in [6.07, 6.45) is 0.614. The van der Waals surface area contributed by atoms with Crippen molar-refractivity contribution in [3.8, 4) is 0 Å². The molecule has 0 saturated carbocycles. The Kier molecular flexibility index (Phi) is 4.14. The van der Waals surface area contributed by atoms with Crippen LogP contribution >= 0.6 is 0 Å². The minimum atomic E-state index is -1.59. The van der Waals surface area contributed by atoms with Gasteiger partial charge in [-0.1, -0.05) is 25.1 Å². The monoisotopic (exact) mass is 357 g/mol. The van der Waals surface area contributed by atoms with E-state index in [2.05, 4.69) is 5.10 Å². The van der Waals surface area contributed by atoms with E-state index in [1.807, 2.05) is 19.1 Å². The summed E-state index contributed by atoms with van der Waals surface area (Å²) in [5.41, 5.74) is -0.565. The molecule has 0 aromatic heterocycles. The standard InChI is InChI=1S/C18H19N3O5/c1-5-11-8-6-7-9-12(11)20-15(23)13-14(16(24)26-4)19-21(10(2)22)18(13,3)17(20)25/h6-9,13H,5H2,1-4H3. The van der Waals surface area contributed by atoms with Crippen LogP contribution in [0.3, 0.4) is 0 Å². The first-order valence-electron chi connectivity index (χ1n) is 8.22. The van der Waals surface area contributed by atoms with Crippen LogP contribution < -0.4 is 4.90 Å². The molecule has 2 aliphatic rings. The maximum atomic E-state index is 13.2. The highest BCUT2D eigenvalue weighted by Crippen LogP contribution is 2.44. The van der Waals surface area contributed by atoms with Crippen LogP contribution in [0, 0.1) is 5.92 Å². The third-order valence-electron chi connectivity index (χ3n) is 4.89. The number of hydrogen-bond donors (Lipinski definition) is 0. The maximum absolute atomic E-state index is 13.2. The van der Waals surface area contributed by atoms with E-state index in [0.717, 1.165) is 22.6 Å². The van der Waals surface area contributed by atoms with Gasteiger partial charge in [0.1, 0.15) is 5.92 Å². The molecule has 8 heteroatoms. The van der Waals surface area contributed by atoms with Crippen LogP contribution in [0.15, 0.2) is 29.4 Å². The van der Waals surface area contributed by atoms with Crippen molar-refractivity contribution in [2.24, 2.45) is 11.0 Å². The Morgan fingerprint density at radius 3 is 2.50 bits per heavy atom. The summed E-state index contributed by atoms with van der Waals surface area (Å²) in [5, 5.41) is 4.86. The number of carbonyl (C=O) groups is 4. The van der Waals surface area contributed by atoms with Crippen LogP contribution in [0.4, 0.5) is 5.69 Å². The van der Waals surface area contributed by atoms with Gasteiger partial charge in [-0.3, -0.25) is 14.4 Å². The number of methoxy groups -OCH3 is 1. The van der Waals surface area contributed by atoms with Gasteiger partial charge in [0, 0.05) is 6.92 Å². The van der Waals surface area contributed by atoms with E-state index >= 15 is 0 Å². The Morgan fingerprint density at radius 1 is 1.27 bits per heavy atom. The lowest BCUT2D eigenvalue weighted by atomic mass is 9.85. The molecule has 2 heterocycles. The molecular weight excluding hydrogens is 338 g/mol. The number of fused-ring (bicyclic) bond motifs is 1. The fraction of sp³-hybridized carbons (Fsp3) is 0.389. The van der Waals surface area contributed by atoms with Crippen LogP contribution in [0.5, 0.6) is 0 Å². The quantitative estimate of drug-likeness (QED) is 0.591. The second kappa shape index (κ2) is 6.05. The number of nitrogens with zero attached hydrogens (tertiary/aromatic N) is 3. The number of amides is 3. The minimum absolute atomic E-state index is 0.236. The molecule has 0 radical (unpaired) electrons. The molecule has 0 bridgehead atoms. The molecular formula is C18H19N3O5.